The first-order chi connectivity index (χ1) is 10.7. The third-order valence-corrected chi connectivity index (χ3v) is 5.27. The lowest BCUT2D eigenvalue weighted by atomic mass is 9.79. The molecule has 23 heavy (non-hydrogen) atoms. The average Bonchev–Trinajstić information content (AvgIpc) is 2.57. The Morgan fingerprint density at radius 1 is 1.04 bits per heavy atom. The van der Waals surface area contributed by atoms with Crippen LogP contribution in [-0.2, 0) is 0 Å². The number of hydrogen-bond donors (Lipinski definition) is 1. The van der Waals surface area contributed by atoms with Gasteiger partial charge in [0.25, 0.3) is 0 Å². The molecule has 1 aromatic rings. The van der Waals surface area contributed by atoms with Gasteiger partial charge >= 0.3 is 0 Å². The molecule has 0 bridgehead atoms. The maximum atomic E-state index is 14.6. The van der Waals surface area contributed by atoms with Crippen molar-refractivity contribution >= 4 is 12.4 Å². The Bertz CT molecular complexity index is 494. The summed E-state index contributed by atoms with van der Waals surface area (Å²) >= 11 is 0. The second-order valence-electron chi connectivity index (χ2n) is 6.73. The molecule has 2 fully saturated rings. The van der Waals surface area contributed by atoms with Gasteiger partial charge in [0.05, 0.1) is 0 Å². The number of aryl methyl sites for hydroxylation is 1. The number of nitrogens with one attached hydrogen (secondary N) is 1. The average molecular weight is 345 g/mol. The molecule has 1 heterocycles. The van der Waals surface area contributed by atoms with Gasteiger partial charge in [-0.15, -0.1) is 12.4 Å². The number of halogens is 3. The predicted molar refractivity (Wildman–Crippen MR) is 92.1 cm³/mol. The first-order valence-electron chi connectivity index (χ1n) is 8.57. The monoisotopic (exact) mass is 344 g/mol. The summed E-state index contributed by atoms with van der Waals surface area (Å²) in [5.41, 5.74) is 0.959. The number of benzene rings is 1. The molecule has 0 radical (unpaired) electrons. The van der Waals surface area contributed by atoms with Crippen molar-refractivity contribution in [3.8, 4) is 0 Å². The van der Waals surface area contributed by atoms with E-state index in [9.17, 15) is 8.78 Å². The molecule has 1 saturated carbocycles. The first-order valence-corrected chi connectivity index (χ1v) is 8.57. The SMILES string of the molecule is Cc1ccc([C@H](C2CCCCC2)N2CCNCC2)c(F)c1F.Cl. The second-order valence-corrected chi connectivity index (χ2v) is 6.73. The smallest absolute Gasteiger partial charge is 0.163 e. The lowest BCUT2D eigenvalue weighted by Gasteiger charge is -2.41. The van der Waals surface area contributed by atoms with Crippen LogP contribution in [0, 0.1) is 24.5 Å². The Hall–Kier alpha value is -0.710. The van der Waals surface area contributed by atoms with Crippen molar-refractivity contribution in [2.24, 2.45) is 5.92 Å². The molecule has 1 atom stereocenters. The maximum absolute atomic E-state index is 14.6. The Balaban J connectivity index is 0.00000192. The summed E-state index contributed by atoms with van der Waals surface area (Å²) in [5, 5.41) is 3.35. The molecule has 1 saturated heterocycles. The van der Waals surface area contributed by atoms with Gasteiger partial charge in [-0.1, -0.05) is 31.4 Å². The number of hydrogen-bond acceptors (Lipinski definition) is 2. The summed E-state index contributed by atoms with van der Waals surface area (Å²) in [4.78, 5) is 2.36. The molecule has 0 unspecified atom stereocenters. The van der Waals surface area contributed by atoms with Crippen LogP contribution >= 0.6 is 12.4 Å². The van der Waals surface area contributed by atoms with Crippen molar-refractivity contribution in [3.63, 3.8) is 0 Å². The van der Waals surface area contributed by atoms with Crippen LogP contribution in [-0.4, -0.2) is 31.1 Å². The van der Waals surface area contributed by atoms with Crippen LogP contribution in [0.25, 0.3) is 0 Å². The molecule has 1 aliphatic heterocycles. The van der Waals surface area contributed by atoms with Crippen molar-refractivity contribution in [1.29, 1.82) is 0 Å². The molecule has 1 aromatic carbocycles. The van der Waals surface area contributed by atoms with Crippen LogP contribution in [0.4, 0.5) is 8.78 Å². The molecule has 1 N–H and O–H groups in total. The van der Waals surface area contributed by atoms with Gasteiger partial charge in [0.1, 0.15) is 0 Å². The highest BCUT2D eigenvalue weighted by atomic mass is 35.5. The van der Waals surface area contributed by atoms with Crippen LogP contribution in [0.2, 0.25) is 0 Å². The van der Waals surface area contributed by atoms with E-state index in [0.717, 1.165) is 39.0 Å². The van der Waals surface area contributed by atoms with E-state index in [0.29, 0.717) is 17.0 Å². The molecule has 130 valence electrons. The molecule has 0 spiro atoms. The molecular weight excluding hydrogens is 318 g/mol. The topological polar surface area (TPSA) is 15.3 Å². The standard InChI is InChI=1S/C18H26F2N2.ClH/c1-13-7-8-15(17(20)16(13)19)18(14-5-3-2-4-6-14)22-11-9-21-10-12-22;/h7-8,14,18,21H,2-6,9-12H2,1H3;1H/t18-;/m0./s1. The minimum Gasteiger partial charge on any atom is -0.314 e. The summed E-state index contributed by atoms with van der Waals surface area (Å²) in [6, 6.07) is 3.57. The van der Waals surface area contributed by atoms with E-state index in [4.69, 9.17) is 0 Å². The largest absolute Gasteiger partial charge is 0.314 e. The minimum atomic E-state index is -0.673. The van der Waals surface area contributed by atoms with Gasteiger partial charge in [-0.3, -0.25) is 4.90 Å². The van der Waals surface area contributed by atoms with Gasteiger partial charge in [-0.25, -0.2) is 8.78 Å². The Morgan fingerprint density at radius 2 is 1.70 bits per heavy atom. The van der Waals surface area contributed by atoms with Crippen molar-refractivity contribution in [3.05, 3.63) is 34.9 Å². The van der Waals surface area contributed by atoms with Gasteiger partial charge < -0.3 is 5.32 Å². The maximum Gasteiger partial charge on any atom is 0.163 e. The number of nitrogens with zero attached hydrogens (tertiary/aromatic N) is 1. The molecule has 2 aliphatic rings. The zero-order valence-corrected chi connectivity index (χ0v) is 14.6. The summed E-state index contributed by atoms with van der Waals surface area (Å²) in [6.07, 6.45) is 5.95. The fourth-order valence-electron chi connectivity index (χ4n) is 4.05. The molecular formula is C18H27ClF2N2. The molecule has 0 amide bonds. The molecule has 3 rings (SSSR count). The molecule has 0 aromatic heterocycles. The van der Waals surface area contributed by atoms with Crippen LogP contribution in [0.5, 0.6) is 0 Å². The second kappa shape index (κ2) is 8.41. The third-order valence-electron chi connectivity index (χ3n) is 5.27. The quantitative estimate of drug-likeness (QED) is 0.883. The summed E-state index contributed by atoms with van der Waals surface area (Å²) < 4.78 is 28.7. The van der Waals surface area contributed by atoms with E-state index in [-0.39, 0.29) is 18.4 Å². The first kappa shape index (κ1) is 18.6. The van der Waals surface area contributed by atoms with Crippen molar-refractivity contribution in [2.75, 3.05) is 26.2 Å². The third kappa shape index (κ3) is 4.04. The van der Waals surface area contributed by atoms with Crippen molar-refractivity contribution in [2.45, 2.75) is 45.1 Å². The highest BCUT2D eigenvalue weighted by molar-refractivity contribution is 5.85. The van der Waals surface area contributed by atoms with Gasteiger partial charge in [0.15, 0.2) is 11.6 Å². The fourth-order valence-corrected chi connectivity index (χ4v) is 4.05. The van der Waals surface area contributed by atoms with Crippen molar-refractivity contribution in [1.82, 2.24) is 10.2 Å². The summed E-state index contributed by atoms with van der Waals surface area (Å²) in [6.45, 7) is 5.31. The summed E-state index contributed by atoms with van der Waals surface area (Å²) in [7, 11) is 0. The van der Waals surface area contributed by atoms with Gasteiger partial charge in [0, 0.05) is 37.8 Å². The van der Waals surface area contributed by atoms with E-state index >= 15 is 0 Å². The lowest BCUT2D eigenvalue weighted by Crippen LogP contribution is -2.47. The van der Waals surface area contributed by atoms with Crippen LogP contribution < -0.4 is 5.32 Å². The zero-order chi connectivity index (χ0) is 15.5. The molecule has 5 heteroatoms. The fraction of sp³-hybridized carbons (Fsp3) is 0.667. The lowest BCUT2D eigenvalue weighted by molar-refractivity contribution is 0.0999. The predicted octanol–water partition coefficient (Wildman–Crippen LogP) is 4.22. The number of piperazine rings is 1. The molecule has 2 nitrogen and oxygen atoms in total. The van der Waals surface area contributed by atoms with Gasteiger partial charge in [0.2, 0.25) is 0 Å². The van der Waals surface area contributed by atoms with Crippen LogP contribution in [0.15, 0.2) is 12.1 Å². The highest BCUT2D eigenvalue weighted by Crippen LogP contribution is 2.40. The Labute approximate surface area is 144 Å². The van der Waals surface area contributed by atoms with E-state index in [2.05, 4.69) is 10.2 Å². The van der Waals surface area contributed by atoms with Gasteiger partial charge in [-0.05, 0) is 31.2 Å². The Morgan fingerprint density at radius 3 is 2.35 bits per heavy atom. The Kier molecular flexibility index (Phi) is 6.81. The normalized spacial score (nSPS) is 21.7. The van der Waals surface area contributed by atoms with E-state index in [1.165, 1.54) is 19.3 Å². The van der Waals surface area contributed by atoms with Crippen molar-refractivity contribution < 1.29 is 8.78 Å². The van der Waals surface area contributed by atoms with Crippen LogP contribution in [0.3, 0.4) is 0 Å². The van der Waals surface area contributed by atoms with Crippen LogP contribution in [0.1, 0.15) is 49.3 Å². The van der Waals surface area contributed by atoms with Gasteiger partial charge in [-0.2, -0.15) is 0 Å². The van der Waals surface area contributed by atoms with E-state index < -0.39 is 11.6 Å². The van der Waals surface area contributed by atoms with E-state index in [1.807, 2.05) is 6.07 Å². The summed E-state index contributed by atoms with van der Waals surface area (Å²) in [5.74, 6) is -0.856. The minimum absolute atomic E-state index is 0. The molecule has 1 aliphatic carbocycles. The van der Waals surface area contributed by atoms with E-state index in [1.54, 1.807) is 13.0 Å². The number of rotatable bonds is 3. The highest BCUT2D eigenvalue weighted by Gasteiger charge is 2.33. The zero-order valence-electron chi connectivity index (χ0n) is 13.8.